The van der Waals surface area contributed by atoms with Crippen LogP contribution in [0, 0.1) is 4.84 Å². The van der Waals surface area contributed by atoms with Crippen LogP contribution in [0.2, 0.25) is 5.02 Å². The SMILES string of the molecule is S=c1[nH]c(-c2ccc(Br)cc2Cl)co1. The molecule has 0 aliphatic heterocycles. The minimum absolute atomic E-state index is 0.346. The Morgan fingerprint density at radius 3 is 2.79 bits per heavy atom. The van der Waals surface area contributed by atoms with Gasteiger partial charge in [0.1, 0.15) is 6.26 Å². The average Bonchev–Trinajstić information content (AvgIpc) is 2.51. The molecule has 1 heterocycles. The standard InChI is InChI=1S/C9H5BrClNOS/c10-5-1-2-6(7(11)3-5)8-4-13-9(14)12-8/h1-4H,(H,12,14). The van der Waals surface area contributed by atoms with Crippen molar-refractivity contribution in [2.75, 3.05) is 0 Å². The normalized spacial score (nSPS) is 10.4. The third kappa shape index (κ3) is 1.92. The largest absolute Gasteiger partial charge is 0.437 e. The number of benzene rings is 1. The summed E-state index contributed by atoms with van der Waals surface area (Å²) in [6.07, 6.45) is 1.55. The van der Waals surface area contributed by atoms with E-state index in [1.807, 2.05) is 18.2 Å². The zero-order valence-corrected chi connectivity index (χ0v) is 10.0. The number of hydrogen-bond donors (Lipinski definition) is 1. The van der Waals surface area contributed by atoms with Crippen molar-refractivity contribution in [3.8, 4) is 11.3 Å². The van der Waals surface area contributed by atoms with Gasteiger partial charge in [-0.15, -0.1) is 0 Å². The predicted octanol–water partition coefficient (Wildman–Crippen LogP) is 4.42. The monoisotopic (exact) mass is 289 g/mol. The van der Waals surface area contributed by atoms with Crippen molar-refractivity contribution in [3.05, 3.63) is 38.8 Å². The summed E-state index contributed by atoms with van der Waals surface area (Å²) < 4.78 is 5.93. The summed E-state index contributed by atoms with van der Waals surface area (Å²) in [5.41, 5.74) is 1.65. The highest BCUT2D eigenvalue weighted by Crippen LogP contribution is 2.29. The van der Waals surface area contributed by atoms with E-state index in [0.717, 1.165) is 15.7 Å². The van der Waals surface area contributed by atoms with Gasteiger partial charge in [0.2, 0.25) is 0 Å². The topological polar surface area (TPSA) is 28.9 Å². The molecule has 0 bridgehead atoms. The van der Waals surface area contributed by atoms with Gasteiger partial charge in [-0.1, -0.05) is 33.6 Å². The molecule has 0 aliphatic rings. The average molecular weight is 291 g/mol. The van der Waals surface area contributed by atoms with Gasteiger partial charge >= 0.3 is 0 Å². The number of aromatic amines is 1. The molecule has 5 heteroatoms. The summed E-state index contributed by atoms with van der Waals surface area (Å²) >= 11 is 14.2. The highest BCUT2D eigenvalue weighted by atomic mass is 79.9. The van der Waals surface area contributed by atoms with Crippen LogP contribution in [-0.2, 0) is 0 Å². The van der Waals surface area contributed by atoms with E-state index in [1.54, 1.807) is 6.26 Å². The van der Waals surface area contributed by atoms with Crippen LogP contribution < -0.4 is 0 Å². The lowest BCUT2D eigenvalue weighted by atomic mass is 10.2. The van der Waals surface area contributed by atoms with E-state index < -0.39 is 0 Å². The molecule has 1 aromatic carbocycles. The van der Waals surface area contributed by atoms with Gasteiger partial charge in [-0.25, -0.2) is 0 Å². The fourth-order valence-electron chi connectivity index (χ4n) is 1.12. The molecule has 0 atom stereocenters. The van der Waals surface area contributed by atoms with Crippen molar-refractivity contribution in [1.82, 2.24) is 4.98 Å². The molecular formula is C9H5BrClNOS. The summed E-state index contributed by atoms with van der Waals surface area (Å²) in [5, 5.41) is 0.645. The Balaban J connectivity index is 2.57. The summed E-state index contributed by atoms with van der Waals surface area (Å²) in [5.74, 6) is 0. The number of oxazole rings is 1. The van der Waals surface area contributed by atoms with Gasteiger partial charge in [0.05, 0.1) is 10.7 Å². The minimum Gasteiger partial charge on any atom is -0.437 e. The van der Waals surface area contributed by atoms with Gasteiger partial charge in [-0.05, 0) is 24.4 Å². The molecule has 0 aliphatic carbocycles. The van der Waals surface area contributed by atoms with Gasteiger partial charge < -0.3 is 9.40 Å². The molecule has 1 aromatic heterocycles. The van der Waals surface area contributed by atoms with Gasteiger partial charge in [0.15, 0.2) is 0 Å². The summed E-state index contributed by atoms with van der Waals surface area (Å²) in [7, 11) is 0. The Labute approximate surface area is 99.0 Å². The second-order valence-electron chi connectivity index (χ2n) is 2.69. The molecule has 14 heavy (non-hydrogen) atoms. The third-order valence-electron chi connectivity index (χ3n) is 1.74. The molecule has 1 N–H and O–H groups in total. The van der Waals surface area contributed by atoms with Gasteiger partial charge in [0.25, 0.3) is 4.84 Å². The van der Waals surface area contributed by atoms with Gasteiger partial charge in [-0.3, -0.25) is 0 Å². The van der Waals surface area contributed by atoms with Crippen molar-refractivity contribution >= 4 is 39.7 Å². The number of H-pyrrole nitrogens is 1. The smallest absolute Gasteiger partial charge is 0.266 e. The molecule has 0 spiro atoms. The first-order chi connectivity index (χ1) is 6.66. The molecule has 2 rings (SSSR count). The maximum absolute atomic E-state index is 6.05. The molecule has 0 fully saturated rings. The van der Waals surface area contributed by atoms with E-state index in [4.69, 9.17) is 28.2 Å². The van der Waals surface area contributed by atoms with Crippen molar-refractivity contribution < 1.29 is 4.42 Å². The zero-order chi connectivity index (χ0) is 10.1. The Morgan fingerprint density at radius 2 is 2.21 bits per heavy atom. The van der Waals surface area contributed by atoms with E-state index in [2.05, 4.69) is 20.9 Å². The number of halogens is 2. The van der Waals surface area contributed by atoms with Gasteiger partial charge in [-0.2, -0.15) is 0 Å². The molecule has 0 saturated heterocycles. The van der Waals surface area contributed by atoms with Crippen LogP contribution in [0.3, 0.4) is 0 Å². The number of nitrogens with one attached hydrogen (secondary N) is 1. The summed E-state index contributed by atoms with van der Waals surface area (Å²) in [6, 6.07) is 5.62. The van der Waals surface area contributed by atoms with Crippen LogP contribution in [-0.4, -0.2) is 4.98 Å². The Kier molecular flexibility index (Phi) is 2.76. The van der Waals surface area contributed by atoms with Crippen molar-refractivity contribution in [1.29, 1.82) is 0 Å². The van der Waals surface area contributed by atoms with Crippen LogP contribution >= 0.6 is 39.7 Å². The number of rotatable bonds is 1. The highest BCUT2D eigenvalue weighted by Gasteiger charge is 2.05. The Hall–Kier alpha value is -0.580. The lowest BCUT2D eigenvalue weighted by molar-refractivity contribution is 0.541. The van der Waals surface area contributed by atoms with Crippen LogP contribution in [0.4, 0.5) is 0 Å². The maximum atomic E-state index is 6.05. The van der Waals surface area contributed by atoms with E-state index in [-0.39, 0.29) is 0 Å². The first-order valence-electron chi connectivity index (χ1n) is 3.80. The molecule has 0 radical (unpaired) electrons. The van der Waals surface area contributed by atoms with Gasteiger partial charge in [0, 0.05) is 10.0 Å². The molecular weight excluding hydrogens is 286 g/mol. The van der Waals surface area contributed by atoms with Crippen LogP contribution in [0.25, 0.3) is 11.3 Å². The molecule has 0 saturated carbocycles. The van der Waals surface area contributed by atoms with Crippen molar-refractivity contribution in [2.24, 2.45) is 0 Å². The Morgan fingerprint density at radius 1 is 1.43 bits per heavy atom. The number of hydrogen-bond acceptors (Lipinski definition) is 2. The fraction of sp³-hybridized carbons (Fsp3) is 0. The lowest BCUT2D eigenvalue weighted by Crippen LogP contribution is -1.79. The summed E-state index contributed by atoms with van der Waals surface area (Å²) in [4.78, 5) is 3.25. The first kappa shape index (κ1) is 9.96. The second-order valence-corrected chi connectivity index (χ2v) is 4.38. The van der Waals surface area contributed by atoms with Crippen molar-refractivity contribution in [3.63, 3.8) is 0 Å². The molecule has 72 valence electrons. The van der Waals surface area contributed by atoms with E-state index in [9.17, 15) is 0 Å². The lowest BCUT2D eigenvalue weighted by Gasteiger charge is -2.00. The molecule has 0 amide bonds. The van der Waals surface area contributed by atoms with Crippen LogP contribution in [0.15, 0.2) is 33.4 Å². The van der Waals surface area contributed by atoms with Crippen LogP contribution in [0.5, 0.6) is 0 Å². The molecule has 2 nitrogen and oxygen atoms in total. The maximum Gasteiger partial charge on any atom is 0.266 e. The fourth-order valence-corrected chi connectivity index (χ4v) is 2.05. The zero-order valence-electron chi connectivity index (χ0n) is 6.88. The van der Waals surface area contributed by atoms with Crippen molar-refractivity contribution in [2.45, 2.75) is 0 Å². The van der Waals surface area contributed by atoms with E-state index >= 15 is 0 Å². The van der Waals surface area contributed by atoms with E-state index in [0.29, 0.717) is 9.86 Å². The summed E-state index contributed by atoms with van der Waals surface area (Å²) in [6.45, 7) is 0. The minimum atomic E-state index is 0.346. The Bertz CT molecular complexity index is 520. The molecule has 2 aromatic rings. The van der Waals surface area contributed by atoms with E-state index in [1.165, 1.54) is 0 Å². The predicted molar refractivity (Wildman–Crippen MR) is 62.0 cm³/mol. The molecule has 0 unspecified atom stereocenters. The second kappa shape index (κ2) is 3.88. The first-order valence-corrected chi connectivity index (χ1v) is 5.38. The van der Waals surface area contributed by atoms with Crippen LogP contribution in [0.1, 0.15) is 0 Å². The third-order valence-corrected chi connectivity index (χ3v) is 2.75. The number of aromatic nitrogens is 1. The quantitative estimate of drug-likeness (QED) is 0.788. The highest BCUT2D eigenvalue weighted by molar-refractivity contribution is 9.10.